The standard InChI is InChI=1S/C19H19FO4/c1-2-23-18(22)11-14-10-15(12-6-8-13(20)9-7-12)19-16(21)4-3-5-17(19)24-14/h6-10,15H,2-5,11H2,1H3/t15-/m1/s1. The van der Waals surface area contributed by atoms with Gasteiger partial charge in [-0.1, -0.05) is 12.1 Å². The molecule has 0 fully saturated rings. The van der Waals surface area contributed by atoms with Gasteiger partial charge in [-0.2, -0.15) is 0 Å². The Morgan fingerprint density at radius 2 is 2.04 bits per heavy atom. The van der Waals surface area contributed by atoms with Gasteiger partial charge in [-0.15, -0.1) is 0 Å². The van der Waals surface area contributed by atoms with Crippen LogP contribution in [0.5, 0.6) is 0 Å². The Bertz CT molecular complexity index is 715. The second kappa shape index (κ2) is 6.99. The summed E-state index contributed by atoms with van der Waals surface area (Å²) in [7, 11) is 0. The van der Waals surface area contributed by atoms with E-state index in [1.54, 1.807) is 25.1 Å². The summed E-state index contributed by atoms with van der Waals surface area (Å²) in [5, 5.41) is 0. The molecule has 24 heavy (non-hydrogen) atoms. The van der Waals surface area contributed by atoms with Gasteiger partial charge in [0.15, 0.2) is 5.78 Å². The summed E-state index contributed by atoms with van der Waals surface area (Å²) in [6, 6.07) is 6.07. The lowest BCUT2D eigenvalue weighted by molar-refractivity contribution is -0.142. The van der Waals surface area contributed by atoms with Crippen molar-refractivity contribution in [3.63, 3.8) is 0 Å². The monoisotopic (exact) mass is 330 g/mol. The number of ether oxygens (including phenoxy) is 2. The normalized spacial score (nSPS) is 20.2. The van der Waals surface area contributed by atoms with Gasteiger partial charge < -0.3 is 9.47 Å². The molecule has 1 atom stereocenters. The number of esters is 1. The number of benzene rings is 1. The Morgan fingerprint density at radius 1 is 1.29 bits per heavy atom. The van der Waals surface area contributed by atoms with Gasteiger partial charge in [-0.25, -0.2) is 4.39 Å². The zero-order chi connectivity index (χ0) is 17.1. The quantitative estimate of drug-likeness (QED) is 0.788. The minimum atomic E-state index is -0.368. The summed E-state index contributed by atoms with van der Waals surface area (Å²) in [5.74, 6) is 0.153. The van der Waals surface area contributed by atoms with Crippen LogP contribution in [0.15, 0.2) is 47.4 Å². The summed E-state index contributed by atoms with van der Waals surface area (Å²) >= 11 is 0. The average Bonchev–Trinajstić information content (AvgIpc) is 2.55. The molecule has 0 amide bonds. The van der Waals surface area contributed by atoms with Crippen LogP contribution in [0.1, 0.15) is 44.1 Å². The lowest BCUT2D eigenvalue weighted by Gasteiger charge is -2.30. The van der Waals surface area contributed by atoms with E-state index in [1.165, 1.54) is 12.1 Å². The Kier molecular flexibility index (Phi) is 4.79. The first-order valence-corrected chi connectivity index (χ1v) is 8.14. The van der Waals surface area contributed by atoms with E-state index in [0.717, 1.165) is 12.0 Å². The van der Waals surface area contributed by atoms with E-state index in [-0.39, 0.29) is 29.9 Å². The zero-order valence-electron chi connectivity index (χ0n) is 13.5. The molecule has 0 aromatic heterocycles. The van der Waals surface area contributed by atoms with Gasteiger partial charge in [0, 0.05) is 24.3 Å². The van der Waals surface area contributed by atoms with Crippen molar-refractivity contribution in [3.8, 4) is 0 Å². The molecular formula is C19H19FO4. The fourth-order valence-electron chi connectivity index (χ4n) is 3.13. The number of ketones is 1. The van der Waals surface area contributed by atoms with E-state index in [0.29, 0.717) is 36.5 Å². The van der Waals surface area contributed by atoms with Crippen molar-refractivity contribution in [2.45, 2.75) is 38.5 Å². The maximum Gasteiger partial charge on any atom is 0.313 e. The molecule has 0 unspecified atom stereocenters. The molecular weight excluding hydrogens is 311 g/mol. The van der Waals surface area contributed by atoms with Gasteiger partial charge in [0.25, 0.3) is 0 Å². The number of rotatable bonds is 4. The van der Waals surface area contributed by atoms with Gasteiger partial charge in [0.2, 0.25) is 0 Å². The lowest BCUT2D eigenvalue weighted by atomic mass is 9.81. The summed E-state index contributed by atoms with van der Waals surface area (Å²) in [6.45, 7) is 2.05. The first kappa shape index (κ1) is 16.4. The van der Waals surface area contributed by atoms with Crippen molar-refractivity contribution in [3.05, 3.63) is 58.8 Å². The van der Waals surface area contributed by atoms with Gasteiger partial charge >= 0.3 is 5.97 Å². The second-order valence-electron chi connectivity index (χ2n) is 5.86. The fraction of sp³-hybridized carbons (Fsp3) is 0.368. The third kappa shape index (κ3) is 3.40. The highest BCUT2D eigenvalue weighted by Gasteiger charge is 2.33. The Balaban J connectivity index is 1.95. The fourth-order valence-corrected chi connectivity index (χ4v) is 3.13. The van der Waals surface area contributed by atoms with Gasteiger partial charge in [0.05, 0.1) is 6.61 Å². The minimum absolute atomic E-state index is 0.0243. The maximum atomic E-state index is 13.2. The highest BCUT2D eigenvalue weighted by atomic mass is 19.1. The van der Waals surface area contributed by atoms with E-state index < -0.39 is 0 Å². The van der Waals surface area contributed by atoms with Crippen LogP contribution in [0.4, 0.5) is 4.39 Å². The molecule has 0 saturated heterocycles. The van der Waals surface area contributed by atoms with Crippen LogP contribution >= 0.6 is 0 Å². The summed E-state index contributed by atoms with van der Waals surface area (Å²) < 4.78 is 24.0. The molecule has 0 spiro atoms. The average molecular weight is 330 g/mol. The van der Waals surface area contributed by atoms with Crippen LogP contribution in [0, 0.1) is 5.82 Å². The number of hydrogen-bond donors (Lipinski definition) is 0. The third-order valence-electron chi connectivity index (χ3n) is 4.18. The molecule has 1 aromatic rings. The van der Waals surface area contributed by atoms with Crippen molar-refractivity contribution in [1.82, 2.24) is 0 Å². The third-order valence-corrected chi connectivity index (χ3v) is 4.18. The van der Waals surface area contributed by atoms with E-state index >= 15 is 0 Å². The summed E-state index contributed by atoms with van der Waals surface area (Å²) in [5.41, 5.74) is 1.43. The first-order chi connectivity index (χ1) is 11.6. The molecule has 2 aliphatic rings. The Morgan fingerprint density at radius 3 is 2.75 bits per heavy atom. The Hall–Kier alpha value is -2.43. The largest absolute Gasteiger partial charge is 0.466 e. The molecule has 1 aromatic carbocycles. The predicted octanol–water partition coefficient (Wildman–Crippen LogP) is 3.78. The predicted molar refractivity (Wildman–Crippen MR) is 85.4 cm³/mol. The first-order valence-electron chi connectivity index (χ1n) is 8.14. The van der Waals surface area contributed by atoms with Crippen molar-refractivity contribution in [1.29, 1.82) is 0 Å². The van der Waals surface area contributed by atoms with Crippen molar-refractivity contribution < 1.29 is 23.5 Å². The van der Waals surface area contributed by atoms with Crippen LogP contribution in [-0.2, 0) is 19.1 Å². The molecule has 0 N–H and O–H groups in total. The highest BCUT2D eigenvalue weighted by Crippen LogP contribution is 2.40. The van der Waals surface area contributed by atoms with Crippen molar-refractivity contribution in [2.75, 3.05) is 6.61 Å². The molecule has 5 heteroatoms. The number of carbonyl (C=O) groups excluding carboxylic acids is 2. The van der Waals surface area contributed by atoms with Crippen LogP contribution in [0.25, 0.3) is 0 Å². The second-order valence-corrected chi connectivity index (χ2v) is 5.86. The molecule has 126 valence electrons. The highest BCUT2D eigenvalue weighted by molar-refractivity contribution is 5.98. The number of carbonyl (C=O) groups is 2. The number of hydrogen-bond acceptors (Lipinski definition) is 4. The molecule has 3 rings (SSSR count). The van der Waals surface area contributed by atoms with E-state index in [1.807, 2.05) is 0 Å². The zero-order valence-corrected chi connectivity index (χ0v) is 13.5. The van der Waals surface area contributed by atoms with E-state index in [9.17, 15) is 14.0 Å². The smallest absolute Gasteiger partial charge is 0.313 e. The van der Waals surface area contributed by atoms with Crippen LogP contribution in [0.3, 0.4) is 0 Å². The lowest BCUT2D eigenvalue weighted by Crippen LogP contribution is -2.23. The SMILES string of the molecule is CCOC(=O)CC1=C[C@H](c2ccc(F)cc2)C2=C(CCCC2=O)O1. The van der Waals surface area contributed by atoms with Gasteiger partial charge in [-0.05, 0) is 37.1 Å². The molecule has 1 heterocycles. The number of halogens is 1. The van der Waals surface area contributed by atoms with Crippen LogP contribution in [-0.4, -0.2) is 18.4 Å². The summed E-state index contributed by atoms with van der Waals surface area (Å²) in [4.78, 5) is 24.1. The molecule has 1 aliphatic heterocycles. The molecule has 0 bridgehead atoms. The van der Waals surface area contributed by atoms with Crippen molar-refractivity contribution >= 4 is 11.8 Å². The van der Waals surface area contributed by atoms with Crippen LogP contribution < -0.4 is 0 Å². The Labute approximate surface area is 140 Å². The van der Waals surface area contributed by atoms with E-state index in [2.05, 4.69) is 0 Å². The molecule has 1 aliphatic carbocycles. The van der Waals surface area contributed by atoms with Gasteiger partial charge in [-0.3, -0.25) is 9.59 Å². The molecule has 0 saturated carbocycles. The summed E-state index contributed by atoms with van der Waals surface area (Å²) in [6.07, 6.45) is 3.68. The topological polar surface area (TPSA) is 52.6 Å². The number of allylic oxidation sites excluding steroid dienone is 3. The minimum Gasteiger partial charge on any atom is -0.466 e. The van der Waals surface area contributed by atoms with Crippen LogP contribution in [0.2, 0.25) is 0 Å². The molecule has 0 radical (unpaired) electrons. The van der Waals surface area contributed by atoms with E-state index in [4.69, 9.17) is 9.47 Å². The molecule has 4 nitrogen and oxygen atoms in total. The van der Waals surface area contributed by atoms with Crippen molar-refractivity contribution in [2.24, 2.45) is 0 Å². The van der Waals surface area contributed by atoms with Gasteiger partial charge in [0.1, 0.15) is 23.8 Å². The number of Topliss-reactive ketones (excluding diaryl/α,β-unsaturated/α-hetero) is 1. The maximum absolute atomic E-state index is 13.2.